The van der Waals surface area contributed by atoms with Gasteiger partial charge in [0.1, 0.15) is 5.75 Å². The normalized spacial score (nSPS) is 15.9. The van der Waals surface area contributed by atoms with E-state index in [0.29, 0.717) is 18.3 Å². The molecule has 0 radical (unpaired) electrons. The third-order valence-electron chi connectivity index (χ3n) is 4.18. The van der Waals surface area contributed by atoms with Gasteiger partial charge in [0.25, 0.3) is 0 Å². The lowest BCUT2D eigenvalue weighted by atomic mass is 10.1. The zero-order chi connectivity index (χ0) is 15.4. The molecule has 0 saturated heterocycles. The van der Waals surface area contributed by atoms with Crippen LogP contribution in [0.5, 0.6) is 17.2 Å². The molecule has 1 atom stereocenters. The molecule has 0 amide bonds. The van der Waals surface area contributed by atoms with E-state index < -0.39 is 0 Å². The van der Waals surface area contributed by atoms with Gasteiger partial charge in [-0.3, -0.25) is 4.90 Å². The maximum atomic E-state index is 5.92. The average molecular weight is 294 g/mol. The summed E-state index contributed by atoms with van der Waals surface area (Å²) in [6.07, 6.45) is 2.57. The van der Waals surface area contributed by atoms with Gasteiger partial charge in [0, 0.05) is 30.8 Å². The number of nitrogens with two attached hydrogens (primary N) is 1. The molecular formula is C16H26N2O3. The molecule has 1 saturated carbocycles. The molecule has 0 bridgehead atoms. The summed E-state index contributed by atoms with van der Waals surface area (Å²) in [5.74, 6) is 2.95. The Morgan fingerprint density at radius 1 is 1.10 bits per heavy atom. The molecule has 1 unspecified atom stereocenters. The molecule has 1 fully saturated rings. The van der Waals surface area contributed by atoms with Gasteiger partial charge in [-0.05, 0) is 31.9 Å². The van der Waals surface area contributed by atoms with Crippen molar-refractivity contribution in [1.29, 1.82) is 0 Å². The Morgan fingerprint density at radius 2 is 1.67 bits per heavy atom. The molecule has 5 heteroatoms. The number of hydrogen-bond donors (Lipinski definition) is 1. The molecule has 0 spiro atoms. The third-order valence-corrected chi connectivity index (χ3v) is 4.18. The SMILES string of the molecule is COc1cc(OC)c(OC)cc1CN(C)C(CN)C1CC1. The second kappa shape index (κ2) is 7.00. The molecule has 2 rings (SSSR count). The number of hydrogen-bond acceptors (Lipinski definition) is 5. The topological polar surface area (TPSA) is 57.0 Å². The number of likely N-dealkylation sites (N-methyl/N-ethyl adjacent to an activating group) is 1. The smallest absolute Gasteiger partial charge is 0.164 e. The van der Waals surface area contributed by atoms with Crippen LogP contribution in [0.15, 0.2) is 12.1 Å². The van der Waals surface area contributed by atoms with Crippen molar-refractivity contribution in [2.75, 3.05) is 34.9 Å². The predicted molar refractivity (Wildman–Crippen MR) is 83.1 cm³/mol. The van der Waals surface area contributed by atoms with Crippen LogP contribution in [0, 0.1) is 5.92 Å². The maximum Gasteiger partial charge on any atom is 0.164 e. The quantitative estimate of drug-likeness (QED) is 0.793. The molecule has 1 aromatic rings. The van der Waals surface area contributed by atoms with Gasteiger partial charge in [-0.15, -0.1) is 0 Å². The minimum atomic E-state index is 0.433. The van der Waals surface area contributed by atoms with Crippen LogP contribution in [0.3, 0.4) is 0 Å². The Kier molecular flexibility index (Phi) is 5.31. The minimum Gasteiger partial charge on any atom is -0.496 e. The summed E-state index contributed by atoms with van der Waals surface area (Å²) in [5, 5.41) is 0. The number of benzene rings is 1. The van der Waals surface area contributed by atoms with Crippen molar-refractivity contribution in [2.24, 2.45) is 11.7 Å². The van der Waals surface area contributed by atoms with Crippen LogP contribution in [0.2, 0.25) is 0 Å². The molecule has 0 heterocycles. The average Bonchev–Trinajstić information content (AvgIpc) is 3.32. The van der Waals surface area contributed by atoms with Crippen LogP contribution >= 0.6 is 0 Å². The summed E-state index contributed by atoms with van der Waals surface area (Å²) in [4.78, 5) is 2.31. The lowest BCUT2D eigenvalue weighted by molar-refractivity contribution is 0.212. The Hall–Kier alpha value is -1.46. The van der Waals surface area contributed by atoms with Gasteiger partial charge in [0.05, 0.1) is 21.3 Å². The fraction of sp³-hybridized carbons (Fsp3) is 0.625. The first-order chi connectivity index (χ1) is 10.1. The van der Waals surface area contributed by atoms with Crippen LogP contribution in [0.25, 0.3) is 0 Å². The molecule has 21 heavy (non-hydrogen) atoms. The van der Waals surface area contributed by atoms with Crippen LogP contribution in [-0.4, -0.2) is 45.9 Å². The fourth-order valence-electron chi connectivity index (χ4n) is 2.82. The Balaban J connectivity index is 2.21. The summed E-state index contributed by atoms with van der Waals surface area (Å²) in [6, 6.07) is 4.29. The van der Waals surface area contributed by atoms with E-state index in [1.165, 1.54) is 12.8 Å². The van der Waals surface area contributed by atoms with Crippen LogP contribution in [-0.2, 0) is 6.54 Å². The van der Waals surface area contributed by atoms with Crippen LogP contribution < -0.4 is 19.9 Å². The number of nitrogens with zero attached hydrogens (tertiary/aromatic N) is 1. The Morgan fingerprint density at radius 3 is 2.14 bits per heavy atom. The number of ether oxygens (including phenoxy) is 3. The zero-order valence-corrected chi connectivity index (χ0v) is 13.4. The second-order valence-corrected chi connectivity index (χ2v) is 5.57. The minimum absolute atomic E-state index is 0.433. The highest BCUT2D eigenvalue weighted by Gasteiger charge is 2.33. The maximum absolute atomic E-state index is 5.92. The van der Waals surface area contributed by atoms with Crippen molar-refractivity contribution < 1.29 is 14.2 Å². The Labute approximate surface area is 127 Å². The molecule has 1 aliphatic carbocycles. The third kappa shape index (κ3) is 3.60. The highest BCUT2D eigenvalue weighted by Crippen LogP contribution is 2.38. The van der Waals surface area contributed by atoms with Crippen LogP contribution in [0.4, 0.5) is 0 Å². The fourth-order valence-corrected chi connectivity index (χ4v) is 2.82. The molecule has 1 aromatic carbocycles. The molecule has 1 aliphatic rings. The zero-order valence-electron chi connectivity index (χ0n) is 13.4. The first-order valence-corrected chi connectivity index (χ1v) is 7.33. The van der Waals surface area contributed by atoms with E-state index in [1.807, 2.05) is 12.1 Å². The largest absolute Gasteiger partial charge is 0.496 e. The molecule has 0 aliphatic heterocycles. The van der Waals surface area contributed by atoms with Crippen molar-refractivity contribution in [1.82, 2.24) is 4.90 Å². The van der Waals surface area contributed by atoms with E-state index in [-0.39, 0.29) is 0 Å². The van der Waals surface area contributed by atoms with E-state index in [0.717, 1.165) is 29.5 Å². The second-order valence-electron chi connectivity index (χ2n) is 5.57. The monoisotopic (exact) mass is 294 g/mol. The highest BCUT2D eigenvalue weighted by molar-refractivity contribution is 5.50. The lowest BCUT2D eigenvalue weighted by Gasteiger charge is -2.28. The Bertz CT molecular complexity index is 475. The number of methoxy groups -OCH3 is 3. The highest BCUT2D eigenvalue weighted by atomic mass is 16.5. The summed E-state index contributed by atoms with van der Waals surface area (Å²) in [5.41, 5.74) is 7.00. The van der Waals surface area contributed by atoms with Gasteiger partial charge in [-0.25, -0.2) is 0 Å². The van der Waals surface area contributed by atoms with Gasteiger partial charge in [0.2, 0.25) is 0 Å². The van der Waals surface area contributed by atoms with Gasteiger partial charge in [-0.1, -0.05) is 0 Å². The lowest BCUT2D eigenvalue weighted by Crippen LogP contribution is -2.39. The van der Waals surface area contributed by atoms with Gasteiger partial charge >= 0.3 is 0 Å². The summed E-state index contributed by atoms with van der Waals surface area (Å²) in [7, 11) is 7.06. The van der Waals surface area contributed by atoms with Crippen molar-refractivity contribution in [3.05, 3.63) is 17.7 Å². The standard InChI is InChI=1S/C16H26N2O3/c1-18(13(9-17)11-5-6-11)10-12-7-15(20-3)16(21-4)8-14(12)19-2/h7-8,11,13H,5-6,9-10,17H2,1-4H3. The van der Waals surface area contributed by atoms with Crippen molar-refractivity contribution >= 4 is 0 Å². The number of rotatable bonds is 8. The first kappa shape index (κ1) is 15.9. The summed E-state index contributed by atoms with van der Waals surface area (Å²) in [6.45, 7) is 1.47. The van der Waals surface area contributed by atoms with Gasteiger partial charge in [0.15, 0.2) is 11.5 Å². The summed E-state index contributed by atoms with van der Waals surface area (Å²) >= 11 is 0. The molecule has 118 valence electrons. The van der Waals surface area contributed by atoms with E-state index in [4.69, 9.17) is 19.9 Å². The molecule has 0 aromatic heterocycles. The predicted octanol–water partition coefficient (Wildman–Crippen LogP) is 1.88. The van der Waals surface area contributed by atoms with E-state index in [2.05, 4.69) is 11.9 Å². The van der Waals surface area contributed by atoms with Crippen molar-refractivity contribution in [2.45, 2.75) is 25.4 Å². The summed E-state index contributed by atoms with van der Waals surface area (Å²) < 4.78 is 16.2. The molecular weight excluding hydrogens is 268 g/mol. The molecule has 2 N–H and O–H groups in total. The van der Waals surface area contributed by atoms with E-state index in [1.54, 1.807) is 21.3 Å². The van der Waals surface area contributed by atoms with Gasteiger partial charge in [-0.2, -0.15) is 0 Å². The van der Waals surface area contributed by atoms with Crippen molar-refractivity contribution in [3.63, 3.8) is 0 Å². The van der Waals surface area contributed by atoms with E-state index >= 15 is 0 Å². The molecule has 5 nitrogen and oxygen atoms in total. The van der Waals surface area contributed by atoms with Crippen molar-refractivity contribution in [3.8, 4) is 17.2 Å². The van der Waals surface area contributed by atoms with E-state index in [9.17, 15) is 0 Å². The van der Waals surface area contributed by atoms with Gasteiger partial charge < -0.3 is 19.9 Å². The van der Waals surface area contributed by atoms with Crippen LogP contribution in [0.1, 0.15) is 18.4 Å². The first-order valence-electron chi connectivity index (χ1n) is 7.33.